The molecule has 22 nitrogen and oxygen atoms in total. The molecule has 7 rings (SSSR count). The first-order valence-corrected chi connectivity index (χ1v) is 20.4. The largest absolute Gasteiger partial charge is 0.491 e. The van der Waals surface area contributed by atoms with Crippen LogP contribution >= 0.6 is 0 Å². The number of ether oxygens (including phenoxy) is 1. The molecular formula is C41H49N15O7. The number of nitrogens with one attached hydrogen (secondary N) is 2. The molecule has 63 heavy (non-hydrogen) atoms. The molecule has 6 aromatic rings. The van der Waals surface area contributed by atoms with E-state index >= 15 is 0 Å². The van der Waals surface area contributed by atoms with Gasteiger partial charge >= 0.3 is 6.09 Å². The molecule has 1 saturated heterocycles. The van der Waals surface area contributed by atoms with Crippen LogP contribution in [0.5, 0.6) is 5.75 Å². The van der Waals surface area contributed by atoms with Gasteiger partial charge in [0, 0.05) is 70.7 Å². The van der Waals surface area contributed by atoms with E-state index in [4.69, 9.17) is 21.2 Å². The van der Waals surface area contributed by atoms with Gasteiger partial charge in [0.25, 0.3) is 11.8 Å². The minimum Gasteiger partial charge on any atom is -0.491 e. The van der Waals surface area contributed by atoms with Crippen molar-refractivity contribution in [3.8, 4) is 5.75 Å². The molecule has 0 atom stereocenters. The smallest absolute Gasteiger partial charge is 0.407 e. The molecule has 0 saturated carbocycles. The van der Waals surface area contributed by atoms with E-state index < -0.39 is 29.7 Å². The molecule has 0 unspecified atom stereocenters. The van der Waals surface area contributed by atoms with Crippen LogP contribution in [0.25, 0.3) is 22.2 Å². The molecule has 0 bridgehead atoms. The average Bonchev–Trinajstić information content (AvgIpc) is 4.02. The molecule has 0 aliphatic carbocycles. The van der Waals surface area contributed by atoms with Crippen LogP contribution in [-0.2, 0) is 26.2 Å². The van der Waals surface area contributed by atoms with Gasteiger partial charge in [-0.15, -0.1) is 0 Å². The molecule has 330 valence electrons. The molecule has 5 aromatic heterocycles. The van der Waals surface area contributed by atoms with Crippen molar-refractivity contribution in [3.05, 3.63) is 82.6 Å². The lowest BCUT2D eigenvalue weighted by atomic mass is 10.1. The highest BCUT2D eigenvalue weighted by molar-refractivity contribution is 6.05. The van der Waals surface area contributed by atoms with E-state index in [9.17, 15) is 29.1 Å². The first-order chi connectivity index (χ1) is 30.2. The first-order valence-electron chi connectivity index (χ1n) is 20.4. The summed E-state index contributed by atoms with van der Waals surface area (Å²) in [5, 5.41) is 23.9. The van der Waals surface area contributed by atoms with E-state index in [0.717, 1.165) is 0 Å². The molecule has 6 heterocycles. The van der Waals surface area contributed by atoms with Gasteiger partial charge in [0.15, 0.2) is 5.65 Å². The van der Waals surface area contributed by atoms with E-state index in [1.807, 2.05) is 26.0 Å². The number of carbonyl (C=O) groups excluding carboxylic acids is 4. The highest BCUT2D eigenvalue weighted by Gasteiger charge is 2.24. The SMILES string of the molecule is CCn1nc(C)cc1C(=O)Nc1nc2cc(C(N)=O)cnc2n1C/C=C/Cn1c(NC(=O)c2cc(C)nn2CC)nc2cc(C(N)=O)cc(OCCCN3CCN(C(=O)O)CC3)c21. The number of piperazine rings is 1. The minimum atomic E-state index is -0.933. The molecule has 0 spiro atoms. The first kappa shape index (κ1) is 43.5. The second-order valence-electron chi connectivity index (χ2n) is 14.9. The van der Waals surface area contributed by atoms with Gasteiger partial charge in [-0.05, 0) is 64.4 Å². The lowest BCUT2D eigenvalue weighted by Gasteiger charge is -2.32. The zero-order valence-corrected chi connectivity index (χ0v) is 35.4. The average molecular weight is 864 g/mol. The number of allylic oxidation sites excluding steroid dienone is 2. The summed E-state index contributed by atoms with van der Waals surface area (Å²) in [5.74, 6) is -1.63. The van der Waals surface area contributed by atoms with Gasteiger partial charge in [0.2, 0.25) is 23.7 Å². The summed E-state index contributed by atoms with van der Waals surface area (Å²) >= 11 is 0. The standard InChI is InChI=1S/C41H49N15O7/c1-5-55-30(18-24(3)49-55)37(59)47-39-45-28-20-26(34(42)57)22-32(63-17-9-10-51-13-15-52(16-14-51)41(61)62)33(28)53(39)11-7-8-12-54-36-29(21-27(23-44-36)35(43)58)46-40(54)48-38(60)31-19-25(4)50-56(31)6-2/h7-8,18-23H,5-6,9-17H2,1-4H3,(H2,42,57)(H2,43,58)(H,61,62)(H,45,47,59)(H,46,48,60)/b8-7+. The van der Waals surface area contributed by atoms with Crippen molar-refractivity contribution in [2.24, 2.45) is 11.5 Å². The number of aromatic nitrogens is 9. The van der Waals surface area contributed by atoms with Crippen LogP contribution in [0.2, 0.25) is 0 Å². The molecular weight excluding hydrogens is 815 g/mol. The Balaban J connectivity index is 1.20. The zero-order chi connectivity index (χ0) is 44.9. The quantitative estimate of drug-likeness (QED) is 0.0652. The topological polar surface area (TPSA) is 282 Å². The van der Waals surface area contributed by atoms with Crippen LogP contribution in [0.4, 0.5) is 16.7 Å². The van der Waals surface area contributed by atoms with Gasteiger partial charge in [0.1, 0.15) is 28.2 Å². The number of carbonyl (C=O) groups is 5. The highest BCUT2D eigenvalue weighted by Crippen LogP contribution is 2.32. The second kappa shape index (κ2) is 18.6. The Labute approximate surface area is 360 Å². The number of hydrogen-bond donors (Lipinski definition) is 5. The lowest BCUT2D eigenvalue weighted by molar-refractivity contribution is 0.0991. The number of pyridine rings is 1. The third-order valence-corrected chi connectivity index (χ3v) is 10.5. The fourth-order valence-corrected chi connectivity index (χ4v) is 7.43. The number of imidazole rings is 2. The number of amides is 5. The third kappa shape index (κ3) is 9.49. The van der Waals surface area contributed by atoms with Gasteiger partial charge in [0.05, 0.1) is 29.1 Å². The van der Waals surface area contributed by atoms with Crippen LogP contribution in [0.3, 0.4) is 0 Å². The maximum absolute atomic E-state index is 13.8. The fourth-order valence-electron chi connectivity index (χ4n) is 7.43. The van der Waals surface area contributed by atoms with Gasteiger partial charge in [-0.3, -0.25) is 48.6 Å². The third-order valence-electron chi connectivity index (χ3n) is 10.5. The summed E-state index contributed by atoms with van der Waals surface area (Å²) in [5.41, 5.74) is 15.1. The fraction of sp³-hybridized carbons (Fsp3) is 0.366. The Bertz CT molecular complexity index is 2750. The minimum absolute atomic E-state index is 0.140. The Morgan fingerprint density at radius 1 is 0.762 bits per heavy atom. The van der Waals surface area contributed by atoms with Crippen molar-refractivity contribution < 1.29 is 33.8 Å². The van der Waals surface area contributed by atoms with Crippen molar-refractivity contribution in [1.82, 2.24) is 53.4 Å². The van der Waals surface area contributed by atoms with Crippen LogP contribution in [0, 0.1) is 13.8 Å². The number of nitrogens with zero attached hydrogens (tertiary/aromatic N) is 11. The number of rotatable bonds is 17. The Hall–Kier alpha value is -7.62. The number of fused-ring (bicyclic) bond motifs is 2. The number of primary amides is 2. The highest BCUT2D eigenvalue weighted by atomic mass is 16.5. The monoisotopic (exact) mass is 863 g/mol. The van der Waals surface area contributed by atoms with E-state index in [1.165, 1.54) is 23.2 Å². The summed E-state index contributed by atoms with van der Waals surface area (Å²) in [6.45, 7) is 11.5. The molecule has 1 aliphatic rings. The Kier molecular flexibility index (Phi) is 12.8. The summed E-state index contributed by atoms with van der Waals surface area (Å²) in [6.07, 6.45) is 4.65. The summed E-state index contributed by atoms with van der Waals surface area (Å²) in [6, 6.07) is 7.93. The van der Waals surface area contributed by atoms with Crippen molar-refractivity contribution in [2.75, 3.05) is 50.0 Å². The number of aryl methyl sites for hydroxylation is 4. The van der Waals surface area contributed by atoms with Crippen LogP contribution < -0.4 is 26.8 Å². The Morgan fingerprint density at radius 3 is 1.89 bits per heavy atom. The van der Waals surface area contributed by atoms with E-state index in [0.29, 0.717) is 103 Å². The lowest BCUT2D eigenvalue weighted by Crippen LogP contribution is -2.48. The number of nitrogens with two attached hydrogens (primary N) is 2. The van der Waals surface area contributed by atoms with Gasteiger partial charge in [-0.1, -0.05) is 12.2 Å². The molecule has 5 amide bonds. The summed E-state index contributed by atoms with van der Waals surface area (Å²) < 4.78 is 12.9. The van der Waals surface area contributed by atoms with E-state index in [-0.39, 0.29) is 42.7 Å². The predicted molar refractivity (Wildman–Crippen MR) is 231 cm³/mol. The van der Waals surface area contributed by atoms with Crippen molar-refractivity contribution >= 4 is 63.8 Å². The number of carboxylic acid groups (broad SMARTS) is 1. The molecule has 22 heteroatoms. The molecule has 1 aromatic carbocycles. The number of anilines is 2. The van der Waals surface area contributed by atoms with Crippen molar-refractivity contribution in [1.29, 1.82) is 0 Å². The van der Waals surface area contributed by atoms with Crippen molar-refractivity contribution in [3.63, 3.8) is 0 Å². The number of benzene rings is 1. The molecule has 1 aliphatic heterocycles. The Morgan fingerprint density at radius 2 is 1.32 bits per heavy atom. The van der Waals surface area contributed by atoms with Crippen LogP contribution in [0.15, 0.2) is 48.7 Å². The van der Waals surface area contributed by atoms with Crippen molar-refractivity contribution in [2.45, 2.75) is 60.3 Å². The van der Waals surface area contributed by atoms with E-state index in [1.54, 1.807) is 50.5 Å². The summed E-state index contributed by atoms with van der Waals surface area (Å²) in [7, 11) is 0. The maximum atomic E-state index is 13.8. The normalized spacial score (nSPS) is 13.3. The number of hydrogen-bond acceptors (Lipinski definition) is 12. The van der Waals surface area contributed by atoms with Gasteiger partial charge in [-0.25, -0.2) is 19.7 Å². The maximum Gasteiger partial charge on any atom is 0.407 e. The molecule has 0 radical (unpaired) electrons. The molecule has 7 N–H and O–H groups in total. The second-order valence-corrected chi connectivity index (χ2v) is 14.9. The van der Waals surface area contributed by atoms with Crippen LogP contribution in [-0.4, -0.2) is 128 Å². The predicted octanol–water partition coefficient (Wildman–Crippen LogP) is 2.85. The zero-order valence-electron chi connectivity index (χ0n) is 35.4. The summed E-state index contributed by atoms with van der Waals surface area (Å²) in [4.78, 5) is 80.6. The van der Waals surface area contributed by atoms with E-state index in [2.05, 4.69) is 35.7 Å². The van der Waals surface area contributed by atoms with Crippen LogP contribution in [0.1, 0.15) is 73.3 Å². The van der Waals surface area contributed by atoms with Gasteiger partial charge in [-0.2, -0.15) is 10.2 Å². The molecule has 1 fully saturated rings. The van der Waals surface area contributed by atoms with Gasteiger partial charge < -0.3 is 30.8 Å².